The highest BCUT2D eigenvalue weighted by molar-refractivity contribution is 9.10. The number of alkyl halides is 3. The van der Waals surface area contributed by atoms with Crippen LogP contribution in [0.3, 0.4) is 0 Å². The highest BCUT2D eigenvalue weighted by atomic mass is 79.9. The molecule has 0 saturated carbocycles. The SMILES string of the molecule is CCOC(=O)c1c2c(nn1CCN(C(=O)OC(C)(C)C)[C@@H](C)c1ccc(OC(F)(F)F)cc1)C[C@@H](C)N(C(=O)c1ccc(Br)c(C#N)c1)C2. The van der Waals surface area contributed by atoms with E-state index in [0.29, 0.717) is 38.8 Å². The summed E-state index contributed by atoms with van der Waals surface area (Å²) < 4.78 is 55.2. The maximum atomic E-state index is 13.7. The van der Waals surface area contributed by atoms with Crippen LogP contribution < -0.4 is 4.74 Å². The summed E-state index contributed by atoms with van der Waals surface area (Å²) in [5, 5.41) is 14.2. The molecular weight excluding hydrogens is 711 g/mol. The fraction of sp³-hybridized carbons (Fsp3) is 0.441. The number of nitrogens with zero attached hydrogens (tertiary/aromatic N) is 5. The summed E-state index contributed by atoms with van der Waals surface area (Å²) in [6, 6.07) is 11.0. The van der Waals surface area contributed by atoms with Crippen molar-refractivity contribution >= 4 is 33.9 Å². The molecular formula is C34H37BrF3N5O6. The van der Waals surface area contributed by atoms with Crippen molar-refractivity contribution in [3.05, 3.63) is 80.6 Å². The van der Waals surface area contributed by atoms with Crippen molar-refractivity contribution in [1.82, 2.24) is 19.6 Å². The Bertz CT molecular complexity index is 1750. The average Bonchev–Trinajstić information content (AvgIpc) is 3.36. The molecule has 2 atom stereocenters. The van der Waals surface area contributed by atoms with E-state index in [9.17, 15) is 32.8 Å². The van der Waals surface area contributed by atoms with Crippen LogP contribution in [-0.4, -0.2) is 68.7 Å². The van der Waals surface area contributed by atoms with Crippen LogP contribution >= 0.6 is 15.9 Å². The van der Waals surface area contributed by atoms with Crippen molar-refractivity contribution in [3.8, 4) is 11.8 Å². The summed E-state index contributed by atoms with van der Waals surface area (Å²) in [7, 11) is 0. The number of aromatic nitrogens is 2. The Balaban J connectivity index is 1.65. The van der Waals surface area contributed by atoms with E-state index >= 15 is 0 Å². The van der Waals surface area contributed by atoms with Gasteiger partial charge < -0.3 is 19.1 Å². The molecule has 0 N–H and O–H groups in total. The number of rotatable bonds is 9. The number of carbonyl (C=O) groups excluding carboxylic acids is 3. The van der Waals surface area contributed by atoms with E-state index in [-0.39, 0.29) is 43.9 Å². The minimum atomic E-state index is -4.85. The third-order valence-corrected chi connectivity index (χ3v) is 8.48. The molecule has 0 radical (unpaired) electrons. The van der Waals surface area contributed by atoms with Gasteiger partial charge in [0.1, 0.15) is 17.4 Å². The van der Waals surface area contributed by atoms with Gasteiger partial charge in [0.15, 0.2) is 5.69 Å². The number of nitriles is 1. The zero-order valence-corrected chi connectivity index (χ0v) is 29.5. The van der Waals surface area contributed by atoms with Crippen LogP contribution in [0.2, 0.25) is 0 Å². The molecule has 3 aromatic rings. The van der Waals surface area contributed by atoms with Crippen LogP contribution in [0.15, 0.2) is 46.9 Å². The lowest BCUT2D eigenvalue weighted by atomic mass is 9.98. The lowest BCUT2D eigenvalue weighted by molar-refractivity contribution is -0.274. The summed E-state index contributed by atoms with van der Waals surface area (Å²) in [5.41, 5.74) is 1.55. The van der Waals surface area contributed by atoms with Crippen LogP contribution in [-0.2, 0) is 29.0 Å². The Kier molecular flexibility index (Phi) is 11.3. The first-order valence-electron chi connectivity index (χ1n) is 15.5. The number of carbonyl (C=O) groups is 3. The first-order valence-corrected chi connectivity index (χ1v) is 16.3. The molecule has 0 bridgehead atoms. The van der Waals surface area contributed by atoms with Crippen LogP contribution in [0.25, 0.3) is 0 Å². The summed E-state index contributed by atoms with van der Waals surface area (Å²) in [6.07, 6.45) is -5.19. The normalized spacial score (nSPS) is 15.1. The van der Waals surface area contributed by atoms with Gasteiger partial charge in [-0.1, -0.05) is 12.1 Å². The van der Waals surface area contributed by atoms with Gasteiger partial charge in [0.05, 0.1) is 37.0 Å². The molecule has 0 spiro atoms. The van der Waals surface area contributed by atoms with E-state index < -0.39 is 35.8 Å². The van der Waals surface area contributed by atoms with Gasteiger partial charge in [-0.3, -0.25) is 14.4 Å². The molecule has 262 valence electrons. The topological polar surface area (TPSA) is 127 Å². The Morgan fingerprint density at radius 1 is 1.14 bits per heavy atom. The van der Waals surface area contributed by atoms with Gasteiger partial charge in [-0.15, -0.1) is 13.2 Å². The molecule has 15 heteroatoms. The minimum Gasteiger partial charge on any atom is -0.461 e. The van der Waals surface area contributed by atoms with Crippen molar-refractivity contribution in [2.24, 2.45) is 0 Å². The fourth-order valence-electron chi connectivity index (χ4n) is 5.46. The number of ether oxygens (including phenoxy) is 3. The Hall–Kier alpha value is -4.58. The Morgan fingerprint density at radius 3 is 2.41 bits per heavy atom. The highest BCUT2D eigenvalue weighted by Crippen LogP contribution is 2.31. The Labute approximate surface area is 290 Å². The molecule has 2 heterocycles. The summed E-state index contributed by atoms with van der Waals surface area (Å²) in [5.74, 6) is -1.37. The first-order chi connectivity index (χ1) is 22.9. The lowest BCUT2D eigenvalue weighted by Crippen LogP contribution is -2.43. The fourth-order valence-corrected chi connectivity index (χ4v) is 5.80. The molecule has 11 nitrogen and oxygen atoms in total. The van der Waals surface area contributed by atoms with Crippen LogP contribution in [0.4, 0.5) is 18.0 Å². The maximum Gasteiger partial charge on any atom is 0.573 e. The van der Waals surface area contributed by atoms with Gasteiger partial charge in [-0.05, 0) is 93.4 Å². The zero-order valence-electron chi connectivity index (χ0n) is 27.9. The maximum absolute atomic E-state index is 13.7. The number of esters is 1. The second-order valence-corrected chi connectivity index (χ2v) is 13.3. The number of hydrogen-bond donors (Lipinski definition) is 0. The van der Waals surface area contributed by atoms with E-state index in [1.165, 1.54) is 27.8 Å². The quantitative estimate of drug-likeness (QED) is 0.211. The van der Waals surface area contributed by atoms with Crippen molar-refractivity contribution in [1.29, 1.82) is 5.26 Å². The van der Waals surface area contributed by atoms with Gasteiger partial charge in [-0.25, -0.2) is 9.59 Å². The number of halogens is 4. The highest BCUT2D eigenvalue weighted by Gasteiger charge is 2.36. The summed E-state index contributed by atoms with van der Waals surface area (Å²) in [4.78, 5) is 43.5. The summed E-state index contributed by atoms with van der Waals surface area (Å²) in [6.45, 7) is 10.5. The van der Waals surface area contributed by atoms with Crippen LogP contribution in [0.1, 0.15) is 90.8 Å². The second-order valence-electron chi connectivity index (χ2n) is 12.5. The molecule has 1 aliphatic rings. The first kappa shape index (κ1) is 37.2. The Morgan fingerprint density at radius 2 is 1.82 bits per heavy atom. The zero-order chi connectivity index (χ0) is 36.3. The van der Waals surface area contributed by atoms with E-state index in [4.69, 9.17) is 14.6 Å². The molecule has 1 aromatic heterocycles. The minimum absolute atomic E-state index is 0.00211. The van der Waals surface area contributed by atoms with Crippen molar-refractivity contribution < 1.29 is 41.8 Å². The van der Waals surface area contributed by atoms with Crippen LogP contribution in [0.5, 0.6) is 5.75 Å². The number of fused-ring (bicyclic) bond motifs is 1. The molecule has 0 unspecified atom stereocenters. The molecule has 49 heavy (non-hydrogen) atoms. The predicted octanol–water partition coefficient (Wildman–Crippen LogP) is 7.18. The van der Waals surface area contributed by atoms with Gasteiger partial charge in [0.2, 0.25) is 0 Å². The van der Waals surface area contributed by atoms with Crippen LogP contribution in [0, 0.1) is 11.3 Å². The average molecular weight is 749 g/mol. The van der Waals surface area contributed by atoms with Crippen molar-refractivity contribution in [3.63, 3.8) is 0 Å². The molecule has 2 aromatic carbocycles. The van der Waals surface area contributed by atoms with Gasteiger partial charge >= 0.3 is 18.4 Å². The predicted molar refractivity (Wildman–Crippen MR) is 175 cm³/mol. The second kappa shape index (κ2) is 14.9. The van der Waals surface area contributed by atoms with Gasteiger partial charge in [0.25, 0.3) is 5.91 Å². The van der Waals surface area contributed by atoms with E-state index in [2.05, 4.69) is 26.7 Å². The monoisotopic (exact) mass is 747 g/mol. The standard InChI is InChI=1S/C34H37BrF3N5O6/c1-7-47-31(45)29-26-19-42(30(44)23-10-13-27(35)24(17-23)18-39)20(2)16-28(26)40-43(29)15-14-41(32(46)49-33(4,5)6)21(3)22-8-11-25(12-9-22)48-34(36,37)38/h8-13,17,20-21H,7,14-16,19H2,1-6H3/t20-,21+/m1/s1. The van der Waals surface area contributed by atoms with E-state index in [1.54, 1.807) is 51.7 Å². The molecule has 0 fully saturated rings. The number of amides is 2. The molecule has 0 aliphatic carbocycles. The van der Waals surface area contributed by atoms with E-state index in [1.807, 2.05) is 6.92 Å². The van der Waals surface area contributed by atoms with Gasteiger partial charge in [0, 0.05) is 34.6 Å². The number of benzene rings is 2. The van der Waals surface area contributed by atoms with Gasteiger partial charge in [-0.2, -0.15) is 10.4 Å². The molecule has 1 aliphatic heterocycles. The lowest BCUT2D eigenvalue weighted by Gasteiger charge is -2.33. The largest absolute Gasteiger partial charge is 0.573 e. The van der Waals surface area contributed by atoms with Crippen molar-refractivity contribution in [2.75, 3.05) is 13.2 Å². The molecule has 4 rings (SSSR count). The smallest absolute Gasteiger partial charge is 0.461 e. The van der Waals surface area contributed by atoms with Crippen molar-refractivity contribution in [2.45, 2.75) is 85.1 Å². The molecule has 2 amide bonds. The summed E-state index contributed by atoms with van der Waals surface area (Å²) >= 11 is 3.31. The molecule has 0 saturated heterocycles. The van der Waals surface area contributed by atoms with E-state index in [0.717, 1.165) is 12.1 Å². The number of hydrogen-bond acceptors (Lipinski definition) is 8. The third kappa shape index (κ3) is 9.11. The third-order valence-electron chi connectivity index (χ3n) is 7.79.